The average molecular weight is 371 g/mol. The molecule has 2 atom stereocenters. The summed E-state index contributed by atoms with van der Waals surface area (Å²) in [6.07, 6.45) is 6.31. The minimum absolute atomic E-state index is 0.328. The summed E-state index contributed by atoms with van der Waals surface area (Å²) in [4.78, 5) is 18.9. The second kappa shape index (κ2) is 10.3. The third-order valence-corrected chi connectivity index (χ3v) is 5.55. The third kappa shape index (κ3) is 6.26. The van der Waals surface area contributed by atoms with E-state index in [-0.39, 0.29) is 0 Å². The molecule has 1 aliphatic carbocycles. The van der Waals surface area contributed by atoms with Gasteiger partial charge in [0.05, 0.1) is 0 Å². The molecule has 0 spiro atoms. The molecule has 2 fully saturated rings. The van der Waals surface area contributed by atoms with Crippen LogP contribution >= 0.6 is 0 Å². The van der Waals surface area contributed by atoms with Gasteiger partial charge in [0.25, 0.3) is 0 Å². The summed E-state index contributed by atoms with van der Waals surface area (Å²) in [5.74, 6) is 2.57. The largest absolute Gasteiger partial charge is 0.357 e. The molecular weight excluding hydrogens is 336 g/mol. The number of hydrogen-bond donors (Lipinski definition) is 2. The number of rotatable bonds is 8. The van der Waals surface area contributed by atoms with Gasteiger partial charge in [-0.25, -0.2) is 0 Å². The van der Waals surface area contributed by atoms with Gasteiger partial charge in [0.15, 0.2) is 5.96 Å². The molecule has 1 saturated heterocycles. The number of amides is 1. The molecule has 0 bridgehead atoms. The van der Waals surface area contributed by atoms with Crippen molar-refractivity contribution in [3.8, 4) is 0 Å². The molecule has 2 aliphatic rings. The van der Waals surface area contributed by atoms with E-state index in [1.807, 2.05) is 4.90 Å². The third-order valence-electron chi connectivity index (χ3n) is 5.55. The van der Waals surface area contributed by atoms with Crippen molar-refractivity contribution in [1.29, 1.82) is 0 Å². The van der Waals surface area contributed by atoms with Gasteiger partial charge in [-0.3, -0.25) is 9.79 Å². The minimum Gasteiger partial charge on any atom is -0.357 e. The van der Waals surface area contributed by atoms with Crippen molar-refractivity contribution in [1.82, 2.24) is 15.5 Å². The quantitative estimate of drug-likeness (QED) is 0.420. The summed E-state index contributed by atoms with van der Waals surface area (Å²) in [6, 6.07) is 10.8. The molecule has 1 saturated carbocycles. The molecule has 1 aliphatic heterocycles. The number of benzene rings is 1. The predicted octanol–water partition coefficient (Wildman–Crippen LogP) is 3.14. The first-order valence-corrected chi connectivity index (χ1v) is 10.6. The van der Waals surface area contributed by atoms with E-state index >= 15 is 0 Å². The fourth-order valence-corrected chi connectivity index (χ4v) is 3.86. The SMILES string of the molecule is CCNC(=NCC1CC1c1ccccc1)NCCCN1CCCCCC1=O. The van der Waals surface area contributed by atoms with Crippen molar-refractivity contribution in [3.05, 3.63) is 35.9 Å². The molecule has 5 heteroatoms. The predicted molar refractivity (Wildman–Crippen MR) is 111 cm³/mol. The number of carbonyl (C=O) groups is 1. The Balaban J connectivity index is 1.38. The zero-order chi connectivity index (χ0) is 18.9. The van der Waals surface area contributed by atoms with Gasteiger partial charge in [0.1, 0.15) is 0 Å². The maximum absolute atomic E-state index is 12.0. The average Bonchev–Trinajstić information content (AvgIpc) is 3.49. The lowest BCUT2D eigenvalue weighted by Crippen LogP contribution is -2.39. The van der Waals surface area contributed by atoms with Crippen LogP contribution in [0.1, 0.15) is 56.9 Å². The standard InChI is InChI=1S/C22H34N4O/c1-2-23-22(24-13-9-15-26-14-8-4-7-12-21(26)27)25-17-19-16-20(19)18-10-5-3-6-11-18/h3,5-6,10-11,19-20H,2,4,7-9,12-17H2,1H3,(H2,23,24,25). The van der Waals surface area contributed by atoms with Crippen LogP contribution in [0, 0.1) is 5.92 Å². The van der Waals surface area contributed by atoms with Gasteiger partial charge in [0, 0.05) is 39.1 Å². The highest BCUT2D eigenvalue weighted by atomic mass is 16.2. The second-order valence-corrected chi connectivity index (χ2v) is 7.70. The van der Waals surface area contributed by atoms with Crippen molar-refractivity contribution in [2.45, 2.75) is 51.4 Å². The molecule has 0 radical (unpaired) electrons. The number of likely N-dealkylation sites (tertiary alicyclic amines) is 1. The molecule has 27 heavy (non-hydrogen) atoms. The topological polar surface area (TPSA) is 56.7 Å². The van der Waals surface area contributed by atoms with Crippen molar-refractivity contribution >= 4 is 11.9 Å². The monoisotopic (exact) mass is 370 g/mol. The van der Waals surface area contributed by atoms with Gasteiger partial charge in [-0.2, -0.15) is 0 Å². The second-order valence-electron chi connectivity index (χ2n) is 7.70. The zero-order valence-corrected chi connectivity index (χ0v) is 16.6. The Kier molecular flexibility index (Phi) is 7.55. The van der Waals surface area contributed by atoms with E-state index in [4.69, 9.17) is 4.99 Å². The highest BCUT2D eigenvalue weighted by Crippen LogP contribution is 2.47. The van der Waals surface area contributed by atoms with E-state index in [9.17, 15) is 4.79 Å². The minimum atomic E-state index is 0.328. The van der Waals surface area contributed by atoms with Crippen LogP contribution in [0.25, 0.3) is 0 Å². The van der Waals surface area contributed by atoms with Crippen LogP contribution in [-0.4, -0.2) is 49.5 Å². The number of aliphatic imine (C=N–C) groups is 1. The molecule has 148 valence electrons. The highest BCUT2D eigenvalue weighted by Gasteiger charge is 2.37. The summed E-state index contributed by atoms with van der Waals surface area (Å²) in [7, 11) is 0. The number of nitrogens with one attached hydrogen (secondary N) is 2. The first-order valence-electron chi connectivity index (χ1n) is 10.6. The molecular formula is C22H34N4O. The van der Waals surface area contributed by atoms with E-state index in [2.05, 4.69) is 47.9 Å². The summed E-state index contributed by atoms with van der Waals surface area (Å²) in [6.45, 7) is 6.46. The lowest BCUT2D eigenvalue weighted by Gasteiger charge is -2.20. The van der Waals surface area contributed by atoms with E-state index < -0.39 is 0 Å². The Morgan fingerprint density at radius 3 is 2.85 bits per heavy atom. The Morgan fingerprint density at radius 1 is 1.19 bits per heavy atom. The van der Waals surface area contributed by atoms with Crippen LogP contribution in [-0.2, 0) is 4.79 Å². The fourth-order valence-electron chi connectivity index (χ4n) is 3.86. The Morgan fingerprint density at radius 2 is 2.04 bits per heavy atom. The van der Waals surface area contributed by atoms with Crippen LogP contribution < -0.4 is 10.6 Å². The molecule has 1 aromatic carbocycles. The molecule has 0 aromatic heterocycles. The molecule has 2 unspecified atom stereocenters. The van der Waals surface area contributed by atoms with Gasteiger partial charge >= 0.3 is 0 Å². The Bertz CT molecular complexity index is 616. The summed E-state index contributed by atoms with van der Waals surface area (Å²) >= 11 is 0. The van der Waals surface area contributed by atoms with E-state index in [1.165, 1.54) is 18.4 Å². The first kappa shape index (κ1) is 19.7. The van der Waals surface area contributed by atoms with E-state index in [0.717, 1.165) is 64.4 Å². The number of carbonyl (C=O) groups excluding carboxylic acids is 1. The zero-order valence-electron chi connectivity index (χ0n) is 16.6. The van der Waals surface area contributed by atoms with Crippen LogP contribution in [0.3, 0.4) is 0 Å². The molecule has 1 amide bonds. The maximum Gasteiger partial charge on any atom is 0.222 e. The smallest absolute Gasteiger partial charge is 0.222 e. The van der Waals surface area contributed by atoms with E-state index in [0.29, 0.717) is 17.7 Å². The summed E-state index contributed by atoms with van der Waals surface area (Å²) in [5.41, 5.74) is 1.44. The van der Waals surface area contributed by atoms with E-state index in [1.54, 1.807) is 0 Å². The van der Waals surface area contributed by atoms with Gasteiger partial charge in [-0.05, 0) is 50.0 Å². The van der Waals surface area contributed by atoms with Gasteiger partial charge in [-0.1, -0.05) is 36.8 Å². The number of nitrogens with zero attached hydrogens (tertiary/aromatic N) is 2. The van der Waals surface area contributed by atoms with Crippen LogP contribution in [0.2, 0.25) is 0 Å². The fraction of sp³-hybridized carbons (Fsp3) is 0.636. The molecule has 1 heterocycles. The van der Waals surface area contributed by atoms with Crippen molar-refractivity contribution < 1.29 is 4.79 Å². The van der Waals surface area contributed by atoms with Crippen LogP contribution in [0.15, 0.2) is 35.3 Å². The summed E-state index contributed by atoms with van der Waals surface area (Å²) in [5, 5.41) is 6.77. The molecule has 1 aromatic rings. The number of guanidine groups is 1. The normalized spacial score (nSPS) is 23.1. The number of hydrogen-bond acceptors (Lipinski definition) is 2. The summed E-state index contributed by atoms with van der Waals surface area (Å²) < 4.78 is 0. The van der Waals surface area contributed by atoms with Gasteiger partial charge in [-0.15, -0.1) is 0 Å². The van der Waals surface area contributed by atoms with Gasteiger partial charge in [0.2, 0.25) is 5.91 Å². The van der Waals surface area contributed by atoms with Crippen LogP contribution in [0.5, 0.6) is 0 Å². The molecule has 2 N–H and O–H groups in total. The van der Waals surface area contributed by atoms with Crippen LogP contribution in [0.4, 0.5) is 0 Å². The van der Waals surface area contributed by atoms with Crippen molar-refractivity contribution in [2.24, 2.45) is 10.9 Å². The van der Waals surface area contributed by atoms with Crippen molar-refractivity contribution in [2.75, 3.05) is 32.7 Å². The lowest BCUT2D eigenvalue weighted by atomic mass is 10.1. The Labute approximate surface area is 163 Å². The molecule has 5 nitrogen and oxygen atoms in total. The maximum atomic E-state index is 12.0. The lowest BCUT2D eigenvalue weighted by molar-refractivity contribution is -0.130. The van der Waals surface area contributed by atoms with Gasteiger partial charge < -0.3 is 15.5 Å². The van der Waals surface area contributed by atoms with Crippen molar-refractivity contribution in [3.63, 3.8) is 0 Å². The first-order chi connectivity index (χ1) is 13.3. The highest BCUT2D eigenvalue weighted by molar-refractivity contribution is 5.79. The Hall–Kier alpha value is -2.04. The molecule has 3 rings (SSSR count).